The van der Waals surface area contributed by atoms with Crippen LogP contribution in [-0.4, -0.2) is 69.9 Å². The van der Waals surface area contributed by atoms with E-state index in [0.717, 1.165) is 53.9 Å². The Balaban J connectivity index is 0.00000160. The number of nitrogens with one attached hydrogen (secondary N) is 1. The van der Waals surface area contributed by atoms with Gasteiger partial charge in [0.2, 0.25) is 0 Å². The van der Waals surface area contributed by atoms with E-state index in [1.165, 1.54) is 23.7 Å². The molecule has 5 rings (SSSR count). The predicted molar refractivity (Wildman–Crippen MR) is 161 cm³/mol. The molecule has 6 nitrogen and oxygen atoms in total. The molecule has 0 radical (unpaired) electrons. The minimum absolute atomic E-state index is 0. The van der Waals surface area contributed by atoms with E-state index < -0.39 is 0 Å². The Kier molecular flexibility index (Phi) is 12.3. The SMILES string of the molecule is CC1CN(CCNC(=O)C2=Cc3cnc4cccc(n34)S2)CC(C)N1CCCc1ccccc1.Cl.Cl.Cl. The summed E-state index contributed by atoms with van der Waals surface area (Å²) in [6, 6.07) is 17.8. The number of thioether (sulfide) groups is 1. The molecule has 2 aliphatic rings. The van der Waals surface area contributed by atoms with Gasteiger partial charge in [-0.2, -0.15) is 0 Å². The monoisotopic (exact) mass is 583 g/mol. The fourth-order valence-electron chi connectivity index (χ4n) is 5.21. The second-order valence-corrected chi connectivity index (χ2v) is 10.5. The van der Waals surface area contributed by atoms with Crippen molar-refractivity contribution in [1.29, 1.82) is 0 Å². The quantitative estimate of drug-likeness (QED) is 0.395. The lowest BCUT2D eigenvalue weighted by Crippen LogP contribution is -2.57. The van der Waals surface area contributed by atoms with Crippen LogP contribution < -0.4 is 5.32 Å². The smallest absolute Gasteiger partial charge is 0.258 e. The Morgan fingerprint density at radius 1 is 1.00 bits per heavy atom. The molecular weight excluding hydrogens is 549 g/mol. The minimum atomic E-state index is -0.00454. The highest BCUT2D eigenvalue weighted by molar-refractivity contribution is 8.04. The van der Waals surface area contributed by atoms with Gasteiger partial charge in [-0.3, -0.25) is 19.0 Å². The predicted octanol–water partition coefficient (Wildman–Crippen LogP) is 5.19. The van der Waals surface area contributed by atoms with Gasteiger partial charge in [0.1, 0.15) is 5.65 Å². The van der Waals surface area contributed by atoms with Crippen molar-refractivity contribution in [2.24, 2.45) is 0 Å². The molecule has 0 aliphatic carbocycles. The van der Waals surface area contributed by atoms with Crippen LogP contribution >= 0.6 is 49.0 Å². The number of imidazole rings is 1. The van der Waals surface area contributed by atoms with Gasteiger partial charge in [0.15, 0.2) is 0 Å². The second kappa shape index (κ2) is 14.4. The van der Waals surface area contributed by atoms with E-state index in [1.807, 2.05) is 30.5 Å². The molecule has 1 N–H and O–H groups in total. The van der Waals surface area contributed by atoms with Crippen LogP contribution in [0.15, 0.2) is 64.7 Å². The number of hydrogen-bond acceptors (Lipinski definition) is 5. The largest absolute Gasteiger partial charge is 0.350 e. The normalized spacial score (nSPS) is 19.2. The number of amides is 1. The zero-order valence-electron chi connectivity index (χ0n) is 21.2. The van der Waals surface area contributed by atoms with Gasteiger partial charge in [-0.05, 0) is 57.0 Å². The van der Waals surface area contributed by atoms with Crippen LogP contribution in [-0.2, 0) is 11.2 Å². The lowest BCUT2D eigenvalue weighted by molar-refractivity contribution is -0.116. The molecule has 3 aromatic rings. The van der Waals surface area contributed by atoms with Crippen LogP contribution in [0.2, 0.25) is 0 Å². The van der Waals surface area contributed by atoms with Crippen LogP contribution in [0.4, 0.5) is 0 Å². The summed E-state index contributed by atoms with van der Waals surface area (Å²) in [6.07, 6.45) is 6.09. The first kappa shape index (κ1) is 31.5. The Labute approximate surface area is 242 Å². The third kappa shape index (κ3) is 7.43. The molecule has 0 spiro atoms. The van der Waals surface area contributed by atoms with Gasteiger partial charge in [0.05, 0.1) is 21.8 Å². The van der Waals surface area contributed by atoms with Crippen molar-refractivity contribution < 1.29 is 4.79 Å². The number of pyridine rings is 1. The van der Waals surface area contributed by atoms with Crippen molar-refractivity contribution in [3.63, 3.8) is 0 Å². The highest BCUT2D eigenvalue weighted by atomic mass is 35.5. The van der Waals surface area contributed by atoms with Gasteiger partial charge in [-0.25, -0.2) is 4.98 Å². The van der Waals surface area contributed by atoms with Gasteiger partial charge >= 0.3 is 0 Å². The summed E-state index contributed by atoms with van der Waals surface area (Å²) >= 11 is 1.51. The van der Waals surface area contributed by atoms with Crippen molar-refractivity contribution >= 4 is 66.6 Å². The van der Waals surface area contributed by atoms with E-state index in [9.17, 15) is 4.79 Å². The van der Waals surface area contributed by atoms with Gasteiger partial charge < -0.3 is 5.32 Å². The molecule has 37 heavy (non-hydrogen) atoms. The molecule has 1 saturated heterocycles. The number of benzene rings is 1. The summed E-state index contributed by atoms with van der Waals surface area (Å²) < 4.78 is 2.09. The fourth-order valence-corrected chi connectivity index (χ4v) is 6.22. The molecule has 2 atom stereocenters. The van der Waals surface area contributed by atoms with Gasteiger partial charge in [-0.1, -0.05) is 48.2 Å². The minimum Gasteiger partial charge on any atom is -0.350 e. The number of aromatic nitrogens is 2. The highest BCUT2D eigenvalue weighted by Gasteiger charge is 2.29. The maximum absolute atomic E-state index is 12.8. The maximum Gasteiger partial charge on any atom is 0.258 e. The number of carbonyl (C=O) groups excluding carboxylic acids is 1. The third-order valence-electron chi connectivity index (χ3n) is 6.85. The van der Waals surface area contributed by atoms with Crippen LogP contribution in [0.5, 0.6) is 0 Å². The summed E-state index contributed by atoms with van der Waals surface area (Å²) in [5.74, 6) is -0.00454. The molecule has 2 aromatic heterocycles. The zero-order valence-corrected chi connectivity index (χ0v) is 24.5. The van der Waals surface area contributed by atoms with Gasteiger partial charge in [0, 0.05) is 38.3 Å². The molecule has 0 bridgehead atoms. The van der Waals surface area contributed by atoms with Crippen molar-refractivity contribution in [3.8, 4) is 0 Å². The standard InChI is InChI=1S/C27H33N5OS.3ClH/c1-20-18-30(19-21(2)31(20)14-7-10-22-8-4-3-5-9-22)15-13-28-27(33)24-16-23-17-29-25-11-6-12-26(34-24)32(23)25;;;/h3-6,8-9,11-12,16-17,20-21H,7,10,13-15,18-19H2,1-2H3,(H,28,33);3*1H. The van der Waals surface area contributed by atoms with Crippen LogP contribution in [0.1, 0.15) is 31.5 Å². The van der Waals surface area contributed by atoms with Crippen LogP contribution in [0.25, 0.3) is 11.7 Å². The molecule has 10 heteroatoms. The molecule has 4 heterocycles. The molecule has 0 saturated carbocycles. The van der Waals surface area contributed by atoms with E-state index >= 15 is 0 Å². The second-order valence-electron chi connectivity index (χ2n) is 9.39. The van der Waals surface area contributed by atoms with E-state index in [0.29, 0.717) is 18.6 Å². The summed E-state index contributed by atoms with van der Waals surface area (Å²) in [7, 11) is 0. The van der Waals surface area contributed by atoms with Gasteiger partial charge in [-0.15, -0.1) is 37.2 Å². The molecule has 2 unspecified atom stereocenters. The van der Waals surface area contributed by atoms with Crippen LogP contribution in [0.3, 0.4) is 0 Å². The van der Waals surface area contributed by atoms with Crippen molar-refractivity contribution in [1.82, 2.24) is 24.5 Å². The first-order valence-electron chi connectivity index (χ1n) is 12.2. The molecule has 1 aromatic carbocycles. The first-order chi connectivity index (χ1) is 16.6. The number of nitrogens with zero attached hydrogens (tertiary/aromatic N) is 4. The average Bonchev–Trinajstić information content (AvgIpc) is 3.26. The van der Waals surface area contributed by atoms with E-state index in [4.69, 9.17) is 0 Å². The number of aryl methyl sites for hydroxylation is 1. The summed E-state index contributed by atoms with van der Waals surface area (Å²) in [5.41, 5.74) is 3.29. The maximum atomic E-state index is 12.8. The lowest BCUT2D eigenvalue weighted by atomic mass is 10.1. The molecular formula is C27H36Cl3N5OS. The molecule has 1 amide bonds. The van der Waals surface area contributed by atoms with E-state index in [2.05, 4.69) is 68.7 Å². The summed E-state index contributed by atoms with van der Waals surface area (Å²) in [6.45, 7) is 9.43. The number of piperazine rings is 1. The Hall–Kier alpha value is -1.74. The Morgan fingerprint density at radius 2 is 1.73 bits per heavy atom. The summed E-state index contributed by atoms with van der Waals surface area (Å²) in [5, 5.41) is 4.17. The van der Waals surface area contributed by atoms with Crippen molar-refractivity contribution in [2.45, 2.75) is 43.8 Å². The van der Waals surface area contributed by atoms with Crippen molar-refractivity contribution in [3.05, 3.63) is 70.9 Å². The topological polar surface area (TPSA) is 52.9 Å². The van der Waals surface area contributed by atoms with Crippen LogP contribution in [0, 0.1) is 0 Å². The first-order valence-corrected chi connectivity index (χ1v) is 13.1. The lowest BCUT2D eigenvalue weighted by Gasteiger charge is -2.44. The third-order valence-corrected chi connectivity index (χ3v) is 7.90. The molecule has 2 aliphatic heterocycles. The number of carbonyl (C=O) groups is 1. The summed E-state index contributed by atoms with van der Waals surface area (Å²) in [4.78, 5) is 23.1. The van der Waals surface area contributed by atoms with E-state index in [1.54, 1.807) is 0 Å². The average molecular weight is 585 g/mol. The Bertz CT molecular complexity index is 1180. The van der Waals surface area contributed by atoms with Gasteiger partial charge in [0.25, 0.3) is 5.91 Å². The zero-order chi connectivity index (χ0) is 23.5. The number of halogens is 3. The fraction of sp³-hybridized carbons (Fsp3) is 0.407. The van der Waals surface area contributed by atoms with Crippen molar-refractivity contribution in [2.75, 3.05) is 32.7 Å². The highest BCUT2D eigenvalue weighted by Crippen LogP contribution is 2.34. The number of hydrogen-bond donors (Lipinski definition) is 1. The number of rotatable bonds is 8. The Morgan fingerprint density at radius 3 is 2.46 bits per heavy atom. The molecule has 1 fully saturated rings. The van der Waals surface area contributed by atoms with E-state index in [-0.39, 0.29) is 43.1 Å². The molecule has 202 valence electrons.